The van der Waals surface area contributed by atoms with Crippen molar-refractivity contribution in [1.82, 2.24) is 10.6 Å². The van der Waals surface area contributed by atoms with E-state index in [2.05, 4.69) is 48.7 Å². The molecule has 1 saturated heterocycles. The smallest absolute Gasteiger partial charge is 0.315 e. The third-order valence-electron chi connectivity index (χ3n) is 2.99. The molecule has 0 radical (unpaired) electrons. The number of amides is 2. The number of carbonyl (C=O) groups is 1. The Morgan fingerprint density at radius 2 is 1.93 bits per heavy atom. The van der Waals surface area contributed by atoms with Gasteiger partial charge in [0.1, 0.15) is 0 Å². The number of benzene rings is 1. The molecule has 0 bridgehead atoms. The molecule has 0 spiro atoms. The fourth-order valence-electron chi connectivity index (χ4n) is 1.92. The van der Waals surface area contributed by atoms with E-state index in [1.54, 1.807) is 0 Å². The van der Waals surface area contributed by atoms with Gasteiger partial charge in [0.2, 0.25) is 0 Å². The van der Waals surface area contributed by atoms with Gasteiger partial charge in [-0.15, -0.1) is 0 Å². The van der Waals surface area contributed by atoms with E-state index in [1.165, 1.54) is 11.1 Å². The number of hydrogen-bond acceptors (Lipinski definition) is 1. The zero-order chi connectivity index (χ0) is 10.9. The van der Waals surface area contributed by atoms with E-state index in [-0.39, 0.29) is 11.6 Å². The maximum absolute atomic E-state index is 11.3. The number of nitrogens with one attached hydrogen (secondary N) is 2. The molecule has 1 aliphatic rings. The average molecular weight is 204 g/mol. The van der Waals surface area contributed by atoms with E-state index in [0.717, 1.165) is 13.0 Å². The highest BCUT2D eigenvalue weighted by Crippen LogP contribution is 2.26. The van der Waals surface area contributed by atoms with Crippen LogP contribution in [-0.4, -0.2) is 12.6 Å². The highest BCUT2D eigenvalue weighted by molar-refractivity contribution is 5.76. The Hall–Kier alpha value is -1.51. The molecule has 1 atom stereocenters. The minimum Gasteiger partial charge on any atom is -0.338 e. The van der Waals surface area contributed by atoms with E-state index in [0.29, 0.717) is 0 Å². The van der Waals surface area contributed by atoms with Gasteiger partial charge in [-0.1, -0.05) is 29.8 Å². The van der Waals surface area contributed by atoms with Crippen LogP contribution >= 0.6 is 0 Å². The third-order valence-corrected chi connectivity index (χ3v) is 2.99. The van der Waals surface area contributed by atoms with Crippen LogP contribution in [-0.2, 0) is 5.54 Å². The molecule has 2 rings (SSSR count). The minimum atomic E-state index is -0.226. The monoisotopic (exact) mass is 204 g/mol. The van der Waals surface area contributed by atoms with E-state index < -0.39 is 0 Å². The van der Waals surface area contributed by atoms with Gasteiger partial charge in [0.25, 0.3) is 0 Å². The van der Waals surface area contributed by atoms with E-state index in [1.807, 2.05) is 0 Å². The molecule has 3 heteroatoms. The van der Waals surface area contributed by atoms with Crippen molar-refractivity contribution in [2.45, 2.75) is 25.8 Å². The van der Waals surface area contributed by atoms with Crippen LogP contribution in [0, 0.1) is 6.92 Å². The van der Waals surface area contributed by atoms with Gasteiger partial charge in [0.15, 0.2) is 0 Å². The van der Waals surface area contributed by atoms with Crippen LogP contribution in [0.5, 0.6) is 0 Å². The molecule has 1 aliphatic heterocycles. The maximum atomic E-state index is 11.3. The van der Waals surface area contributed by atoms with Gasteiger partial charge >= 0.3 is 6.03 Å². The number of urea groups is 1. The van der Waals surface area contributed by atoms with Crippen molar-refractivity contribution in [3.63, 3.8) is 0 Å². The predicted molar refractivity (Wildman–Crippen MR) is 59.7 cm³/mol. The number of aryl methyl sites for hydroxylation is 1. The summed E-state index contributed by atoms with van der Waals surface area (Å²) < 4.78 is 0. The lowest BCUT2D eigenvalue weighted by Gasteiger charge is -2.35. The van der Waals surface area contributed by atoms with Gasteiger partial charge < -0.3 is 10.6 Å². The molecule has 0 aliphatic carbocycles. The largest absolute Gasteiger partial charge is 0.338 e. The molecule has 0 aromatic heterocycles. The van der Waals surface area contributed by atoms with Crippen LogP contribution in [0.15, 0.2) is 24.3 Å². The summed E-state index contributed by atoms with van der Waals surface area (Å²) in [6.07, 6.45) is 0.918. The quantitative estimate of drug-likeness (QED) is 0.721. The van der Waals surface area contributed by atoms with E-state index in [4.69, 9.17) is 0 Å². The Bertz CT molecular complexity index is 372. The molecule has 15 heavy (non-hydrogen) atoms. The van der Waals surface area contributed by atoms with Gasteiger partial charge in [-0.05, 0) is 25.8 Å². The van der Waals surface area contributed by atoms with Crippen molar-refractivity contribution in [2.75, 3.05) is 6.54 Å². The standard InChI is InChI=1S/C12H16N2O/c1-9-3-5-10(6-4-9)12(2)7-8-13-11(15)14-12/h3-6H,7-8H2,1-2H3,(H2,13,14,15). The molecule has 80 valence electrons. The second kappa shape index (κ2) is 3.57. The van der Waals surface area contributed by atoms with Gasteiger partial charge in [-0.2, -0.15) is 0 Å². The first-order chi connectivity index (χ1) is 7.10. The highest BCUT2D eigenvalue weighted by Gasteiger charge is 2.31. The lowest BCUT2D eigenvalue weighted by atomic mass is 9.87. The summed E-state index contributed by atoms with van der Waals surface area (Å²) in [5.41, 5.74) is 2.18. The highest BCUT2D eigenvalue weighted by atomic mass is 16.2. The second-order valence-corrected chi connectivity index (χ2v) is 4.33. The lowest BCUT2D eigenvalue weighted by molar-refractivity contribution is 0.211. The minimum absolute atomic E-state index is 0.0793. The van der Waals surface area contributed by atoms with E-state index >= 15 is 0 Å². The van der Waals surface area contributed by atoms with E-state index in [9.17, 15) is 4.79 Å². The molecule has 1 heterocycles. The zero-order valence-electron chi connectivity index (χ0n) is 9.13. The Balaban J connectivity index is 2.28. The normalized spacial score (nSPS) is 25.6. The summed E-state index contributed by atoms with van der Waals surface area (Å²) in [5.74, 6) is 0. The first kappa shape index (κ1) is 10.0. The molecule has 3 nitrogen and oxygen atoms in total. The van der Waals surface area contributed by atoms with Crippen molar-refractivity contribution < 1.29 is 4.79 Å². The van der Waals surface area contributed by atoms with Gasteiger partial charge in [-0.3, -0.25) is 0 Å². The van der Waals surface area contributed by atoms with Crippen LogP contribution in [0.4, 0.5) is 4.79 Å². The molecule has 1 aromatic carbocycles. The molecule has 1 fully saturated rings. The van der Waals surface area contributed by atoms with Crippen molar-refractivity contribution in [3.8, 4) is 0 Å². The SMILES string of the molecule is Cc1ccc(C2(C)CCNC(=O)N2)cc1. The molecule has 2 amide bonds. The first-order valence-electron chi connectivity index (χ1n) is 5.23. The Labute approximate surface area is 89.9 Å². The fraction of sp³-hybridized carbons (Fsp3) is 0.417. The van der Waals surface area contributed by atoms with Gasteiger partial charge in [-0.25, -0.2) is 4.79 Å². The van der Waals surface area contributed by atoms with Crippen molar-refractivity contribution >= 4 is 6.03 Å². The van der Waals surface area contributed by atoms with Crippen LogP contribution in [0.25, 0.3) is 0 Å². The van der Waals surface area contributed by atoms with Crippen LogP contribution in [0.3, 0.4) is 0 Å². The summed E-state index contributed by atoms with van der Waals surface area (Å²) in [4.78, 5) is 11.3. The van der Waals surface area contributed by atoms with Gasteiger partial charge in [0, 0.05) is 6.54 Å². The molecule has 0 saturated carbocycles. The van der Waals surface area contributed by atoms with Crippen molar-refractivity contribution in [1.29, 1.82) is 0 Å². The molecular formula is C12H16N2O. The van der Waals surface area contributed by atoms with Crippen LogP contribution in [0.2, 0.25) is 0 Å². The van der Waals surface area contributed by atoms with Crippen molar-refractivity contribution in [2.24, 2.45) is 0 Å². The molecule has 1 aromatic rings. The van der Waals surface area contributed by atoms with Crippen molar-refractivity contribution in [3.05, 3.63) is 35.4 Å². The molecule has 1 unspecified atom stereocenters. The zero-order valence-corrected chi connectivity index (χ0v) is 9.13. The summed E-state index contributed by atoms with van der Waals surface area (Å²) in [6, 6.07) is 8.25. The lowest BCUT2D eigenvalue weighted by Crippen LogP contribution is -2.54. The summed E-state index contributed by atoms with van der Waals surface area (Å²) in [7, 11) is 0. The maximum Gasteiger partial charge on any atom is 0.315 e. The van der Waals surface area contributed by atoms with Crippen LogP contribution in [0.1, 0.15) is 24.5 Å². The number of rotatable bonds is 1. The summed E-state index contributed by atoms with van der Waals surface area (Å²) in [5, 5.41) is 5.75. The third kappa shape index (κ3) is 1.96. The molecular weight excluding hydrogens is 188 g/mol. The molecule has 2 N–H and O–H groups in total. The number of carbonyl (C=O) groups excluding carboxylic acids is 1. The summed E-state index contributed by atoms with van der Waals surface area (Å²) >= 11 is 0. The van der Waals surface area contributed by atoms with Gasteiger partial charge in [0.05, 0.1) is 5.54 Å². The predicted octanol–water partition coefficient (Wildman–Crippen LogP) is 1.91. The van der Waals surface area contributed by atoms with Crippen LogP contribution < -0.4 is 10.6 Å². The Morgan fingerprint density at radius 3 is 2.53 bits per heavy atom. The Morgan fingerprint density at radius 1 is 1.27 bits per heavy atom. The average Bonchev–Trinajstić information content (AvgIpc) is 2.18. The topological polar surface area (TPSA) is 41.1 Å². The fourth-order valence-corrected chi connectivity index (χ4v) is 1.92. The Kier molecular flexibility index (Phi) is 2.39. The second-order valence-electron chi connectivity index (χ2n) is 4.33. The first-order valence-corrected chi connectivity index (χ1v) is 5.23. The summed E-state index contributed by atoms with van der Waals surface area (Å²) in [6.45, 7) is 4.86. The number of hydrogen-bond donors (Lipinski definition) is 2.